The standard InChI is InChI=1S/C8H6BrFO/c9-6-3-1-2-5(8(6)10)7-4-11-7/h1-3,7H,4H2/t7-/m0/s1. The molecule has 0 aromatic heterocycles. The van der Waals surface area contributed by atoms with Crippen LogP contribution in [0.3, 0.4) is 0 Å². The van der Waals surface area contributed by atoms with Gasteiger partial charge in [-0.15, -0.1) is 0 Å². The van der Waals surface area contributed by atoms with Crippen molar-refractivity contribution in [3.8, 4) is 0 Å². The Morgan fingerprint density at radius 1 is 1.55 bits per heavy atom. The maximum atomic E-state index is 13.2. The van der Waals surface area contributed by atoms with Crippen LogP contribution in [0.1, 0.15) is 11.7 Å². The summed E-state index contributed by atoms with van der Waals surface area (Å²) in [6.45, 7) is 0.646. The second-order valence-corrected chi connectivity index (χ2v) is 3.32. The summed E-state index contributed by atoms with van der Waals surface area (Å²) in [6, 6.07) is 5.24. The second-order valence-electron chi connectivity index (χ2n) is 2.47. The number of halogens is 2. The lowest BCUT2D eigenvalue weighted by Gasteiger charge is -1.98. The zero-order valence-electron chi connectivity index (χ0n) is 5.68. The summed E-state index contributed by atoms with van der Waals surface area (Å²) in [5.74, 6) is -0.199. The molecule has 0 bridgehead atoms. The fraction of sp³-hybridized carbons (Fsp3) is 0.250. The van der Waals surface area contributed by atoms with E-state index in [2.05, 4.69) is 15.9 Å². The topological polar surface area (TPSA) is 12.5 Å². The average Bonchev–Trinajstić information content (AvgIpc) is 2.77. The third-order valence-electron chi connectivity index (χ3n) is 1.66. The molecule has 0 saturated carbocycles. The molecular formula is C8H6BrFO. The molecule has 0 spiro atoms. The van der Waals surface area contributed by atoms with E-state index < -0.39 is 0 Å². The molecule has 1 aromatic rings. The highest BCUT2D eigenvalue weighted by Crippen LogP contribution is 2.33. The highest BCUT2D eigenvalue weighted by molar-refractivity contribution is 9.10. The van der Waals surface area contributed by atoms with E-state index in [4.69, 9.17) is 4.74 Å². The summed E-state index contributed by atoms with van der Waals surface area (Å²) < 4.78 is 18.6. The van der Waals surface area contributed by atoms with Gasteiger partial charge in [0, 0.05) is 5.56 Å². The van der Waals surface area contributed by atoms with Gasteiger partial charge >= 0.3 is 0 Å². The second kappa shape index (κ2) is 2.57. The quantitative estimate of drug-likeness (QED) is 0.658. The molecule has 11 heavy (non-hydrogen) atoms. The van der Waals surface area contributed by atoms with Crippen LogP contribution in [0.4, 0.5) is 4.39 Å². The van der Waals surface area contributed by atoms with Gasteiger partial charge in [-0.1, -0.05) is 12.1 Å². The van der Waals surface area contributed by atoms with E-state index in [-0.39, 0.29) is 11.9 Å². The zero-order chi connectivity index (χ0) is 7.84. The minimum Gasteiger partial charge on any atom is -0.368 e. The van der Waals surface area contributed by atoms with Crippen LogP contribution in [0, 0.1) is 5.82 Å². The SMILES string of the molecule is Fc1c(Br)cccc1[C@@H]1CO1. The van der Waals surface area contributed by atoms with Gasteiger partial charge in [-0.05, 0) is 22.0 Å². The Hall–Kier alpha value is -0.410. The van der Waals surface area contributed by atoms with Gasteiger partial charge < -0.3 is 4.74 Å². The van der Waals surface area contributed by atoms with Gasteiger partial charge in [0.05, 0.1) is 11.1 Å². The van der Waals surface area contributed by atoms with Crippen molar-refractivity contribution in [3.05, 3.63) is 34.1 Å². The van der Waals surface area contributed by atoms with Crippen molar-refractivity contribution in [2.24, 2.45) is 0 Å². The summed E-state index contributed by atoms with van der Waals surface area (Å²) in [6.07, 6.45) is -0.00694. The van der Waals surface area contributed by atoms with Crippen LogP contribution in [0.5, 0.6) is 0 Å². The number of rotatable bonds is 1. The van der Waals surface area contributed by atoms with E-state index in [1.807, 2.05) is 6.07 Å². The van der Waals surface area contributed by atoms with Crippen molar-refractivity contribution in [2.45, 2.75) is 6.10 Å². The number of hydrogen-bond donors (Lipinski definition) is 0. The molecule has 1 nitrogen and oxygen atoms in total. The van der Waals surface area contributed by atoms with E-state index in [9.17, 15) is 4.39 Å². The molecular weight excluding hydrogens is 211 g/mol. The lowest BCUT2D eigenvalue weighted by Crippen LogP contribution is -1.87. The van der Waals surface area contributed by atoms with Crippen molar-refractivity contribution in [1.29, 1.82) is 0 Å². The van der Waals surface area contributed by atoms with Gasteiger partial charge in [0.25, 0.3) is 0 Å². The third-order valence-corrected chi connectivity index (χ3v) is 2.27. The summed E-state index contributed by atoms with van der Waals surface area (Å²) in [4.78, 5) is 0. The summed E-state index contributed by atoms with van der Waals surface area (Å²) in [5.41, 5.74) is 0.652. The lowest BCUT2D eigenvalue weighted by atomic mass is 10.1. The van der Waals surface area contributed by atoms with Crippen molar-refractivity contribution < 1.29 is 9.13 Å². The average molecular weight is 217 g/mol. The van der Waals surface area contributed by atoms with Gasteiger partial charge in [0.15, 0.2) is 0 Å². The number of epoxide rings is 1. The molecule has 0 radical (unpaired) electrons. The maximum Gasteiger partial charge on any atom is 0.143 e. The summed E-state index contributed by atoms with van der Waals surface area (Å²) in [7, 11) is 0. The Balaban J connectivity index is 2.45. The first-order valence-electron chi connectivity index (χ1n) is 3.34. The summed E-state index contributed by atoms with van der Waals surface area (Å²) in [5, 5.41) is 0. The lowest BCUT2D eigenvalue weighted by molar-refractivity contribution is 0.407. The van der Waals surface area contributed by atoms with E-state index in [1.54, 1.807) is 12.1 Å². The van der Waals surface area contributed by atoms with E-state index in [0.717, 1.165) is 0 Å². The number of benzene rings is 1. The molecule has 1 aliphatic rings. The summed E-state index contributed by atoms with van der Waals surface area (Å²) >= 11 is 3.11. The van der Waals surface area contributed by atoms with Gasteiger partial charge in [-0.2, -0.15) is 0 Å². The minimum absolute atomic E-state index is 0.00694. The molecule has 0 aliphatic carbocycles. The van der Waals surface area contributed by atoms with Crippen LogP contribution in [-0.2, 0) is 4.74 Å². The Morgan fingerprint density at radius 2 is 2.27 bits per heavy atom. The van der Waals surface area contributed by atoms with Crippen molar-refractivity contribution in [2.75, 3.05) is 6.61 Å². The molecule has 3 heteroatoms. The molecule has 0 unspecified atom stereocenters. The molecule has 1 aromatic carbocycles. The fourth-order valence-electron chi connectivity index (χ4n) is 0.997. The van der Waals surface area contributed by atoms with Crippen LogP contribution >= 0.6 is 15.9 Å². The minimum atomic E-state index is -0.199. The first kappa shape index (κ1) is 7.25. The monoisotopic (exact) mass is 216 g/mol. The van der Waals surface area contributed by atoms with Crippen LogP contribution in [-0.4, -0.2) is 6.61 Å². The normalized spacial score (nSPS) is 21.8. The Morgan fingerprint density at radius 3 is 2.91 bits per heavy atom. The first-order chi connectivity index (χ1) is 5.29. The zero-order valence-corrected chi connectivity index (χ0v) is 7.27. The molecule has 0 amide bonds. The molecule has 1 fully saturated rings. The molecule has 2 rings (SSSR count). The van der Waals surface area contributed by atoms with Crippen molar-refractivity contribution in [3.63, 3.8) is 0 Å². The number of ether oxygens (including phenoxy) is 1. The molecule has 1 heterocycles. The van der Waals surface area contributed by atoms with E-state index >= 15 is 0 Å². The third kappa shape index (κ3) is 1.30. The first-order valence-corrected chi connectivity index (χ1v) is 4.14. The van der Waals surface area contributed by atoms with Crippen molar-refractivity contribution >= 4 is 15.9 Å². The van der Waals surface area contributed by atoms with Crippen molar-refractivity contribution in [1.82, 2.24) is 0 Å². The van der Waals surface area contributed by atoms with Gasteiger partial charge in [0.1, 0.15) is 11.9 Å². The van der Waals surface area contributed by atoms with E-state index in [1.165, 1.54) is 0 Å². The van der Waals surface area contributed by atoms with Crippen LogP contribution in [0.2, 0.25) is 0 Å². The van der Waals surface area contributed by atoms with Crippen LogP contribution in [0.15, 0.2) is 22.7 Å². The Kier molecular flexibility index (Phi) is 1.69. The predicted octanol–water partition coefficient (Wildman–Crippen LogP) is 2.66. The van der Waals surface area contributed by atoms with Crippen LogP contribution in [0.25, 0.3) is 0 Å². The van der Waals surface area contributed by atoms with Gasteiger partial charge in [-0.25, -0.2) is 4.39 Å². The molecule has 58 valence electrons. The molecule has 1 atom stereocenters. The van der Waals surface area contributed by atoms with Gasteiger partial charge in [0.2, 0.25) is 0 Å². The predicted molar refractivity (Wildman–Crippen MR) is 42.8 cm³/mol. The highest BCUT2D eigenvalue weighted by Gasteiger charge is 2.28. The molecule has 0 N–H and O–H groups in total. The smallest absolute Gasteiger partial charge is 0.143 e. The largest absolute Gasteiger partial charge is 0.368 e. The molecule has 1 saturated heterocycles. The highest BCUT2D eigenvalue weighted by atomic mass is 79.9. The number of hydrogen-bond acceptors (Lipinski definition) is 1. The van der Waals surface area contributed by atoms with E-state index in [0.29, 0.717) is 16.6 Å². The molecule has 1 aliphatic heterocycles. The van der Waals surface area contributed by atoms with Gasteiger partial charge in [-0.3, -0.25) is 0 Å². The Labute approximate surface area is 72.3 Å². The van der Waals surface area contributed by atoms with Crippen LogP contribution < -0.4 is 0 Å². The Bertz CT molecular complexity index is 283. The maximum absolute atomic E-state index is 13.2. The fourth-order valence-corrected chi connectivity index (χ4v) is 1.38.